The van der Waals surface area contributed by atoms with E-state index in [1.54, 1.807) is 0 Å². The molecule has 0 aromatic heterocycles. The Labute approximate surface area is 111 Å². The standard InChI is InChI=1S/C14H23NO.ClH/c1-11(2)13-7-5-12(6-8-13)9-15-14(3,4)10-16;/h5-8,11,15-16H,9-10H2,1-4H3;1H/p-1. The van der Waals surface area contributed by atoms with Gasteiger partial charge in [0.15, 0.2) is 0 Å². The molecule has 1 rings (SSSR count). The van der Waals surface area contributed by atoms with Crippen LogP contribution in [0.3, 0.4) is 0 Å². The van der Waals surface area contributed by atoms with Crippen LogP contribution in [-0.2, 0) is 6.54 Å². The maximum atomic E-state index is 9.13. The van der Waals surface area contributed by atoms with Gasteiger partial charge in [0.2, 0.25) is 0 Å². The predicted molar refractivity (Wildman–Crippen MR) is 68.5 cm³/mol. The van der Waals surface area contributed by atoms with Crippen molar-refractivity contribution < 1.29 is 17.5 Å². The first-order valence-electron chi connectivity index (χ1n) is 5.89. The number of hydrogen-bond acceptors (Lipinski definition) is 2. The molecule has 0 heterocycles. The summed E-state index contributed by atoms with van der Waals surface area (Å²) in [5.41, 5.74) is 2.41. The van der Waals surface area contributed by atoms with Gasteiger partial charge in [-0.05, 0) is 30.9 Å². The van der Waals surface area contributed by atoms with E-state index in [2.05, 4.69) is 43.4 Å². The molecule has 3 heteroatoms. The van der Waals surface area contributed by atoms with Crippen molar-refractivity contribution in [2.24, 2.45) is 0 Å². The van der Waals surface area contributed by atoms with E-state index in [-0.39, 0.29) is 24.6 Å². The molecule has 0 bridgehead atoms. The van der Waals surface area contributed by atoms with Crippen LogP contribution < -0.4 is 17.7 Å². The molecule has 98 valence electrons. The first-order chi connectivity index (χ1) is 7.44. The SMILES string of the molecule is CC(C)c1ccc(CNC(C)(C)CO)cc1.[Cl-]. The summed E-state index contributed by atoms with van der Waals surface area (Å²) in [5.74, 6) is 0.580. The van der Waals surface area contributed by atoms with Gasteiger partial charge in [-0.1, -0.05) is 38.1 Å². The molecule has 0 aliphatic rings. The van der Waals surface area contributed by atoms with E-state index < -0.39 is 0 Å². The largest absolute Gasteiger partial charge is 1.00 e. The van der Waals surface area contributed by atoms with Crippen molar-refractivity contribution in [3.8, 4) is 0 Å². The van der Waals surface area contributed by atoms with Gasteiger partial charge >= 0.3 is 0 Å². The fraction of sp³-hybridized carbons (Fsp3) is 0.571. The summed E-state index contributed by atoms with van der Waals surface area (Å²) >= 11 is 0. The van der Waals surface area contributed by atoms with Gasteiger partial charge in [0.05, 0.1) is 6.61 Å². The minimum atomic E-state index is -0.212. The molecule has 0 radical (unpaired) electrons. The highest BCUT2D eigenvalue weighted by atomic mass is 35.5. The third-order valence-electron chi connectivity index (χ3n) is 2.81. The van der Waals surface area contributed by atoms with E-state index in [4.69, 9.17) is 5.11 Å². The van der Waals surface area contributed by atoms with Crippen molar-refractivity contribution in [2.75, 3.05) is 6.61 Å². The predicted octanol–water partition coefficient (Wildman–Crippen LogP) is -0.325. The lowest BCUT2D eigenvalue weighted by atomic mass is 10.0. The molecule has 17 heavy (non-hydrogen) atoms. The Morgan fingerprint density at radius 2 is 1.71 bits per heavy atom. The van der Waals surface area contributed by atoms with E-state index >= 15 is 0 Å². The molecule has 0 saturated carbocycles. The summed E-state index contributed by atoms with van der Waals surface area (Å²) in [6.07, 6.45) is 0. The first kappa shape index (κ1) is 16.4. The molecule has 0 aliphatic carbocycles. The van der Waals surface area contributed by atoms with Gasteiger partial charge in [-0.15, -0.1) is 0 Å². The summed E-state index contributed by atoms with van der Waals surface area (Å²) in [4.78, 5) is 0. The van der Waals surface area contributed by atoms with Crippen molar-refractivity contribution >= 4 is 0 Å². The van der Waals surface area contributed by atoms with Gasteiger partial charge in [-0.3, -0.25) is 0 Å². The van der Waals surface area contributed by atoms with E-state index in [0.29, 0.717) is 5.92 Å². The Morgan fingerprint density at radius 1 is 1.18 bits per heavy atom. The number of halogens is 1. The van der Waals surface area contributed by atoms with E-state index in [1.165, 1.54) is 11.1 Å². The van der Waals surface area contributed by atoms with Gasteiger partial charge in [0, 0.05) is 12.1 Å². The monoisotopic (exact) mass is 256 g/mol. The van der Waals surface area contributed by atoms with E-state index in [1.807, 2.05) is 13.8 Å². The lowest BCUT2D eigenvalue weighted by molar-refractivity contribution is -0.00000455. The highest BCUT2D eigenvalue weighted by Gasteiger charge is 2.14. The van der Waals surface area contributed by atoms with Crippen molar-refractivity contribution in [1.29, 1.82) is 0 Å². The average molecular weight is 257 g/mol. The molecule has 2 nitrogen and oxygen atoms in total. The van der Waals surface area contributed by atoms with Crippen LogP contribution in [0.15, 0.2) is 24.3 Å². The Morgan fingerprint density at radius 3 is 2.12 bits per heavy atom. The molecule has 2 N–H and O–H groups in total. The average Bonchev–Trinajstić information content (AvgIpc) is 2.27. The smallest absolute Gasteiger partial charge is 0.0607 e. The quantitative estimate of drug-likeness (QED) is 0.757. The highest BCUT2D eigenvalue weighted by molar-refractivity contribution is 5.24. The molecule has 0 amide bonds. The molecule has 0 atom stereocenters. The van der Waals surface area contributed by atoms with Crippen molar-refractivity contribution in [3.05, 3.63) is 35.4 Å². The molecule has 0 aliphatic heterocycles. The molecular formula is C14H23ClNO-. The number of benzene rings is 1. The van der Waals surface area contributed by atoms with Crippen LogP contribution >= 0.6 is 0 Å². The Kier molecular flexibility index (Phi) is 6.76. The number of aliphatic hydroxyl groups excluding tert-OH is 1. The number of aliphatic hydroxyl groups is 1. The van der Waals surface area contributed by atoms with Crippen LogP contribution in [-0.4, -0.2) is 17.3 Å². The fourth-order valence-corrected chi connectivity index (χ4v) is 1.42. The number of nitrogens with one attached hydrogen (secondary N) is 1. The normalized spacial score (nSPS) is 11.4. The molecule has 0 saturated heterocycles. The lowest BCUT2D eigenvalue weighted by Gasteiger charge is -2.23. The second kappa shape index (κ2) is 7.00. The van der Waals surface area contributed by atoms with Gasteiger partial charge in [0.25, 0.3) is 0 Å². The topological polar surface area (TPSA) is 32.3 Å². The summed E-state index contributed by atoms with van der Waals surface area (Å²) in [6.45, 7) is 9.33. The minimum Gasteiger partial charge on any atom is -1.00 e. The highest BCUT2D eigenvalue weighted by Crippen LogP contribution is 2.15. The van der Waals surface area contributed by atoms with E-state index in [9.17, 15) is 0 Å². The zero-order chi connectivity index (χ0) is 12.2. The van der Waals surface area contributed by atoms with E-state index in [0.717, 1.165) is 6.54 Å². The lowest BCUT2D eigenvalue weighted by Crippen LogP contribution is -3.00. The second-order valence-electron chi connectivity index (χ2n) is 5.29. The van der Waals surface area contributed by atoms with Gasteiger partial charge < -0.3 is 22.8 Å². The Hall–Kier alpha value is -0.570. The molecule has 1 aromatic carbocycles. The third kappa shape index (κ3) is 5.53. The molecule has 1 aromatic rings. The zero-order valence-corrected chi connectivity index (χ0v) is 11.9. The summed E-state index contributed by atoms with van der Waals surface area (Å²) in [5, 5.41) is 12.5. The van der Waals surface area contributed by atoms with Crippen LogP contribution in [0.4, 0.5) is 0 Å². The van der Waals surface area contributed by atoms with Crippen LogP contribution in [0.25, 0.3) is 0 Å². The maximum absolute atomic E-state index is 9.13. The zero-order valence-electron chi connectivity index (χ0n) is 11.1. The van der Waals surface area contributed by atoms with Crippen molar-refractivity contribution in [3.63, 3.8) is 0 Å². The van der Waals surface area contributed by atoms with Gasteiger partial charge in [0.1, 0.15) is 0 Å². The Balaban J connectivity index is 0.00000256. The summed E-state index contributed by atoms with van der Waals surface area (Å²) in [7, 11) is 0. The molecule has 0 fully saturated rings. The molecular weight excluding hydrogens is 234 g/mol. The first-order valence-corrected chi connectivity index (χ1v) is 5.89. The number of hydrogen-bond donors (Lipinski definition) is 2. The van der Waals surface area contributed by atoms with Crippen LogP contribution in [0.5, 0.6) is 0 Å². The second-order valence-corrected chi connectivity index (χ2v) is 5.29. The minimum absolute atomic E-state index is 0. The van der Waals surface area contributed by atoms with Gasteiger partial charge in [-0.25, -0.2) is 0 Å². The van der Waals surface area contributed by atoms with Crippen LogP contribution in [0, 0.1) is 0 Å². The van der Waals surface area contributed by atoms with Crippen LogP contribution in [0.1, 0.15) is 44.7 Å². The van der Waals surface area contributed by atoms with Crippen LogP contribution in [0.2, 0.25) is 0 Å². The summed E-state index contributed by atoms with van der Waals surface area (Å²) in [6, 6.07) is 8.65. The molecule has 0 spiro atoms. The summed E-state index contributed by atoms with van der Waals surface area (Å²) < 4.78 is 0. The Bertz CT molecular complexity index is 319. The molecule has 0 unspecified atom stereocenters. The van der Waals surface area contributed by atoms with Crippen molar-refractivity contribution in [1.82, 2.24) is 5.32 Å². The van der Waals surface area contributed by atoms with Crippen molar-refractivity contribution in [2.45, 2.75) is 45.7 Å². The number of rotatable bonds is 5. The maximum Gasteiger partial charge on any atom is 0.0607 e. The third-order valence-corrected chi connectivity index (χ3v) is 2.81. The fourth-order valence-electron chi connectivity index (χ4n) is 1.42. The van der Waals surface area contributed by atoms with Gasteiger partial charge in [-0.2, -0.15) is 0 Å².